The SMILES string of the molecule is CCC(CSC1CCC1SCC(CC(=O)CCOCCC(C)=O)C(=O)NCC(=O)O[C@]1(CC)C(=O)OCc2c1cc1n(c2=O)Cc2cc3ccccc3nc2-1)C(=O)NCC(=O)O[C@]1(CC)C(=O)OCc2c1cc1n(c2=O)Cc2cc3ccccc3nc2-1. The van der Waals surface area contributed by atoms with Gasteiger partial charge in [-0.1, -0.05) is 57.2 Å². The highest BCUT2D eigenvalue weighted by Gasteiger charge is 2.52. The third kappa shape index (κ3) is 11.8. The first-order chi connectivity index (χ1) is 41.9. The molecular formula is C64H66N6O15S2. The number of cyclic esters (lactones) is 2. The average Bonchev–Trinajstić information content (AvgIpc) is 1.73. The number of aromatic nitrogens is 4. The average molecular weight is 1220 g/mol. The van der Waals surface area contributed by atoms with E-state index in [-0.39, 0.29) is 127 Å². The molecule has 5 aliphatic rings. The third-order valence-corrected chi connectivity index (χ3v) is 20.5. The number of carbonyl (C=O) groups is 8. The molecule has 2 N–H and O–H groups in total. The molecule has 1 aliphatic carbocycles. The Morgan fingerprint density at radius 2 is 1.10 bits per heavy atom. The Labute approximate surface area is 508 Å². The number of amides is 2. The van der Waals surface area contributed by atoms with Gasteiger partial charge in [-0.3, -0.25) is 38.4 Å². The lowest BCUT2D eigenvalue weighted by Crippen LogP contribution is -2.49. The second-order valence-corrected chi connectivity index (χ2v) is 25.1. The van der Waals surface area contributed by atoms with Crippen molar-refractivity contribution < 1.29 is 62.0 Å². The molecule has 4 unspecified atom stereocenters. The van der Waals surface area contributed by atoms with Crippen molar-refractivity contribution in [1.29, 1.82) is 0 Å². The number of ether oxygens (including phenoxy) is 5. The van der Waals surface area contributed by atoms with Gasteiger partial charge >= 0.3 is 23.9 Å². The number of hydrogen-bond donors (Lipinski definition) is 2. The van der Waals surface area contributed by atoms with Crippen LogP contribution in [-0.4, -0.2) is 115 Å². The van der Waals surface area contributed by atoms with Gasteiger partial charge in [-0.2, -0.15) is 23.5 Å². The molecule has 2 aromatic carbocycles. The Morgan fingerprint density at radius 3 is 1.56 bits per heavy atom. The van der Waals surface area contributed by atoms with Crippen LogP contribution in [-0.2, 0) is 99.5 Å². The Kier molecular flexibility index (Phi) is 17.7. The molecule has 6 atom stereocenters. The maximum atomic E-state index is 14.1. The number of rotatable bonds is 25. The van der Waals surface area contributed by atoms with Gasteiger partial charge in [0.05, 0.1) is 77.2 Å². The van der Waals surface area contributed by atoms with Gasteiger partial charge in [-0.25, -0.2) is 19.6 Å². The maximum absolute atomic E-state index is 14.1. The minimum absolute atomic E-state index is 0.0105. The molecule has 2 amide bonds. The molecule has 0 spiro atoms. The minimum Gasteiger partial charge on any atom is -0.457 e. The number of benzene rings is 2. The van der Waals surface area contributed by atoms with Crippen molar-refractivity contribution in [2.24, 2.45) is 11.8 Å². The summed E-state index contributed by atoms with van der Waals surface area (Å²) in [6.45, 7) is 5.50. The Balaban J connectivity index is 0.706. The first kappa shape index (κ1) is 60.7. The van der Waals surface area contributed by atoms with Crippen molar-refractivity contribution in [3.63, 3.8) is 0 Å². The predicted molar refractivity (Wildman–Crippen MR) is 322 cm³/mol. The van der Waals surface area contributed by atoms with Crippen LogP contribution >= 0.6 is 23.5 Å². The maximum Gasteiger partial charge on any atom is 0.355 e. The third-order valence-electron chi connectivity index (χ3n) is 17.2. The molecular weight excluding hydrogens is 1160 g/mol. The summed E-state index contributed by atoms with van der Waals surface area (Å²) >= 11 is 3.10. The Morgan fingerprint density at radius 1 is 0.644 bits per heavy atom. The number of thioether (sulfide) groups is 2. The summed E-state index contributed by atoms with van der Waals surface area (Å²) in [7, 11) is 0. The molecule has 6 aromatic rings. The van der Waals surface area contributed by atoms with Gasteiger partial charge in [0, 0.05) is 80.2 Å². The number of carbonyl (C=O) groups excluding carboxylic acids is 8. The molecule has 4 aromatic heterocycles. The fraction of sp³-hybridized carbons (Fsp3) is 0.438. The lowest BCUT2D eigenvalue weighted by atomic mass is 9.85. The monoisotopic (exact) mass is 1220 g/mol. The molecule has 11 rings (SSSR count). The number of ketones is 2. The van der Waals surface area contributed by atoms with Crippen LogP contribution in [0.15, 0.2) is 82.4 Å². The van der Waals surface area contributed by atoms with E-state index < -0.39 is 77.4 Å². The van der Waals surface area contributed by atoms with Crippen LogP contribution in [0.4, 0.5) is 0 Å². The zero-order valence-electron chi connectivity index (χ0n) is 48.7. The largest absolute Gasteiger partial charge is 0.457 e. The second-order valence-electron chi connectivity index (χ2n) is 22.6. The summed E-state index contributed by atoms with van der Waals surface area (Å²) in [6, 6.07) is 22.5. The summed E-state index contributed by atoms with van der Waals surface area (Å²) in [5.74, 6) is -5.65. The summed E-state index contributed by atoms with van der Waals surface area (Å²) in [6.07, 6.45) is 1.95. The van der Waals surface area contributed by atoms with Crippen molar-refractivity contribution in [2.45, 2.75) is 127 Å². The van der Waals surface area contributed by atoms with Crippen molar-refractivity contribution >= 4 is 92.6 Å². The summed E-state index contributed by atoms with van der Waals surface area (Å²) in [5, 5.41) is 7.29. The fourth-order valence-corrected chi connectivity index (χ4v) is 15.4. The molecule has 21 nitrogen and oxygen atoms in total. The number of hydrogen-bond acceptors (Lipinski definition) is 19. The molecule has 4 aliphatic heterocycles. The topological polar surface area (TPSA) is 277 Å². The van der Waals surface area contributed by atoms with E-state index in [0.717, 1.165) is 45.8 Å². The number of nitrogens with zero attached hydrogens (tertiary/aromatic N) is 4. The van der Waals surface area contributed by atoms with Gasteiger partial charge < -0.3 is 43.5 Å². The standard InChI is InChI=1S/C64H66N6O15S2/c1-5-36(57(75)65-27-53(73)84-63(6-2)45-25-49-55-39(22-37-12-8-10-14-47(37)67-55)29-69(49)59(77)43(45)31-82-61(63)79)33-86-51-16-17-52(51)87-34-41(24-42(72)19-21-81-20-18-35(4)71)58(76)66-28-54(74)85-64(7-3)46-26-50-56-40(23-38-13-9-11-15-48(38)68-56)30-70(50)60(78)44(46)32-83-62(64)80/h8-15,22-23,25-26,36,41,51-52H,5-7,16-21,24,27-34H2,1-4H3,(H,65,75)(H,66,76)/t36?,41?,51?,52?,63-,64-/m0/s1. The van der Waals surface area contributed by atoms with Crippen LogP contribution in [0, 0.1) is 11.8 Å². The first-order valence-electron chi connectivity index (χ1n) is 29.4. The first-order valence-corrected chi connectivity index (χ1v) is 31.5. The number of para-hydroxylation sites is 2. The summed E-state index contributed by atoms with van der Waals surface area (Å²) in [4.78, 5) is 145. The van der Waals surface area contributed by atoms with Crippen molar-refractivity contribution in [3.8, 4) is 22.8 Å². The van der Waals surface area contributed by atoms with Gasteiger partial charge in [0.25, 0.3) is 11.1 Å². The summed E-state index contributed by atoms with van der Waals surface area (Å²) in [5.41, 5.74) is 1.28. The van der Waals surface area contributed by atoms with E-state index in [2.05, 4.69) is 10.6 Å². The lowest BCUT2D eigenvalue weighted by Gasteiger charge is -2.37. The minimum atomic E-state index is -2.01. The fourth-order valence-electron chi connectivity index (χ4n) is 12.0. The molecule has 23 heteroatoms. The van der Waals surface area contributed by atoms with Crippen LogP contribution in [0.25, 0.3) is 44.6 Å². The zero-order chi connectivity index (χ0) is 61.3. The number of fused-ring (bicyclic) bond motifs is 10. The molecule has 0 bridgehead atoms. The van der Waals surface area contributed by atoms with Crippen LogP contribution in [0.2, 0.25) is 0 Å². The molecule has 1 fully saturated rings. The van der Waals surface area contributed by atoms with Crippen molar-refractivity contribution in [2.75, 3.05) is 37.8 Å². The zero-order valence-corrected chi connectivity index (χ0v) is 50.3. The molecule has 0 radical (unpaired) electrons. The molecule has 87 heavy (non-hydrogen) atoms. The highest BCUT2D eigenvalue weighted by atomic mass is 32.2. The Hall–Kier alpha value is -8.02. The summed E-state index contributed by atoms with van der Waals surface area (Å²) < 4.78 is 31.6. The van der Waals surface area contributed by atoms with Gasteiger partial charge in [0.2, 0.25) is 23.0 Å². The van der Waals surface area contributed by atoms with Crippen LogP contribution in [0.1, 0.15) is 112 Å². The van der Waals surface area contributed by atoms with Crippen LogP contribution in [0.3, 0.4) is 0 Å². The van der Waals surface area contributed by atoms with E-state index in [9.17, 15) is 47.9 Å². The van der Waals surface area contributed by atoms with Gasteiger partial charge in [0.1, 0.15) is 37.9 Å². The van der Waals surface area contributed by atoms with E-state index in [1.165, 1.54) is 18.7 Å². The lowest BCUT2D eigenvalue weighted by molar-refractivity contribution is -0.189. The predicted octanol–water partition coefficient (Wildman–Crippen LogP) is 6.49. The van der Waals surface area contributed by atoms with Crippen LogP contribution < -0.4 is 21.8 Å². The second kappa shape index (κ2) is 25.4. The number of pyridine rings is 4. The smallest absolute Gasteiger partial charge is 0.355 e. The Bertz CT molecular complexity index is 3960. The number of esters is 4. The van der Waals surface area contributed by atoms with E-state index in [4.69, 9.17) is 33.7 Å². The highest BCUT2D eigenvalue weighted by Crippen LogP contribution is 2.45. The highest BCUT2D eigenvalue weighted by molar-refractivity contribution is 8.04. The van der Waals surface area contributed by atoms with E-state index in [1.54, 1.807) is 46.9 Å². The molecule has 8 heterocycles. The molecule has 0 saturated heterocycles. The molecule has 1 saturated carbocycles. The van der Waals surface area contributed by atoms with E-state index in [0.29, 0.717) is 34.9 Å². The van der Waals surface area contributed by atoms with Gasteiger partial charge in [0.15, 0.2) is 0 Å². The van der Waals surface area contributed by atoms with Gasteiger partial charge in [-0.15, -0.1) is 0 Å². The molecule has 454 valence electrons. The van der Waals surface area contributed by atoms with Crippen LogP contribution in [0.5, 0.6) is 0 Å². The van der Waals surface area contributed by atoms with Crippen molar-refractivity contribution in [1.82, 2.24) is 29.7 Å². The number of nitrogens with one attached hydrogen (secondary N) is 2. The van der Waals surface area contributed by atoms with E-state index in [1.807, 2.05) is 67.6 Å². The van der Waals surface area contributed by atoms with Crippen molar-refractivity contribution in [3.05, 3.63) is 127 Å². The quantitative estimate of drug-likeness (QED) is 0.0351. The normalized spacial score (nSPS) is 20.0. The number of Topliss-reactive ketones (excluding diaryl/α,β-unsaturated/α-hetero) is 2. The van der Waals surface area contributed by atoms with Gasteiger partial charge in [-0.05, 0) is 75.4 Å². The van der Waals surface area contributed by atoms with E-state index >= 15 is 0 Å².